The van der Waals surface area contributed by atoms with Crippen molar-refractivity contribution in [3.05, 3.63) is 34.3 Å². The molecule has 5 nitrogen and oxygen atoms in total. The summed E-state index contributed by atoms with van der Waals surface area (Å²) in [6.45, 7) is 5.31. The molecular formula is C15H21BrN4O. The Hall–Kier alpha value is -1.11. The zero-order chi connectivity index (χ0) is 15.0. The Morgan fingerprint density at radius 1 is 1.33 bits per heavy atom. The Balaban J connectivity index is 1.79. The molecule has 0 aliphatic carbocycles. The van der Waals surface area contributed by atoms with Gasteiger partial charge in [-0.3, -0.25) is 4.90 Å². The van der Waals surface area contributed by atoms with Gasteiger partial charge in [-0.15, -0.1) is 0 Å². The Bertz CT molecular complexity index is 519. The van der Waals surface area contributed by atoms with Gasteiger partial charge in [0.25, 0.3) is 0 Å². The molecule has 3 rings (SSSR count). The molecule has 3 atom stereocenters. The maximum Gasteiger partial charge on any atom is 0.317 e. The lowest BCUT2D eigenvalue weighted by molar-refractivity contribution is 0.0795. The van der Waals surface area contributed by atoms with E-state index in [2.05, 4.69) is 57.3 Å². The molecule has 2 heterocycles. The molecule has 2 aliphatic rings. The van der Waals surface area contributed by atoms with E-state index in [1.165, 1.54) is 5.56 Å². The summed E-state index contributed by atoms with van der Waals surface area (Å²) in [6.07, 6.45) is 0. The molecule has 3 unspecified atom stereocenters. The molecule has 2 saturated heterocycles. The SMILES string of the molecule is CC(N)C(c1ccc(Br)cc1)N1CCN2C(=O)NCC2C1. The maximum atomic E-state index is 11.7. The van der Waals surface area contributed by atoms with Gasteiger partial charge in [0.15, 0.2) is 0 Å². The number of piperazine rings is 1. The van der Waals surface area contributed by atoms with Crippen LogP contribution in [0.3, 0.4) is 0 Å². The quantitative estimate of drug-likeness (QED) is 0.867. The molecule has 114 valence electrons. The van der Waals surface area contributed by atoms with Crippen molar-refractivity contribution < 1.29 is 4.79 Å². The Morgan fingerprint density at radius 2 is 2.05 bits per heavy atom. The molecular weight excluding hydrogens is 332 g/mol. The lowest BCUT2D eigenvalue weighted by Crippen LogP contribution is -2.55. The van der Waals surface area contributed by atoms with E-state index in [1.807, 2.05) is 4.90 Å². The van der Waals surface area contributed by atoms with Gasteiger partial charge in [-0.2, -0.15) is 0 Å². The van der Waals surface area contributed by atoms with Crippen molar-refractivity contribution in [2.45, 2.75) is 25.0 Å². The Kier molecular flexibility index (Phi) is 4.19. The van der Waals surface area contributed by atoms with Crippen LogP contribution in [0.2, 0.25) is 0 Å². The highest BCUT2D eigenvalue weighted by Crippen LogP contribution is 2.28. The normalized spacial score (nSPS) is 25.4. The maximum absolute atomic E-state index is 11.7. The van der Waals surface area contributed by atoms with Crippen LogP contribution in [0.25, 0.3) is 0 Å². The van der Waals surface area contributed by atoms with Crippen LogP contribution in [-0.2, 0) is 0 Å². The van der Waals surface area contributed by atoms with Gasteiger partial charge < -0.3 is 16.0 Å². The van der Waals surface area contributed by atoms with Gasteiger partial charge in [-0.05, 0) is 24.6 Å². The first-order valence-electron chi connectivity index (χ1n) is 7.36. The number of hydrogen-bond donors (Lipinski definition) is 2. The zero-order valence-electron chi connectivity index (χ0n) is 12.1. The topological polar surface area (TPSA) is 61.6 Å². The minimum Gasteiger partial charge on any atom is -0.336 e. The number of nitrogens with two attached hydrogens (primary N) is 1. The number of carbonyl (C=O) groups excluding carboxylic acids is 1. The highest BCUT2D eigenvalue weighted by atomic mass is 79.9. The van der Waals surface area contributed by atoms with Crippen molar-refractivity contribution in [2.75, 3.05) is 26.2 Å². The van der Waals surface area contributed by atoms with E-state index in [0.717, 1.165) is 30.7 Å². The number of urea groups is 1. The first-order chi connectivity index (χ1) is 10.1. The van der Waals surface area contributed by atoms with Crippen LogP contribution in [0.5, 0.6) is 0 Å². The van der Waals surface area contributed by atoms with Crippen LogP contribution < -0.4 is 11.1 Å². The molecule has 0 spiro atoms. The molecule has 2 amide bonds. The third kappa shape index (κ3) is 2.93. The molecule has 21 heavy (non-hydrogen) atoms. The van der Waals surface area contributed by atoms with E-state index < -0.39 is 0 Å². The standard InChI is InChI=1S/C15H21BrN4O/c1-10(17)14(11-2-4-12(16)5-3-11)19-6-7-20-13(9-19)8-18-15(20)21/h2-5,10,13-14H,6-9,17H2,1H3,(H,18,21). The van der Waals surface area contributed by atoms with Crippen LogP contribution in [0.4, 0.5) is 4.79 Å². The molecule has 2 aliphatic heterocycles. The Labute approximate surface area is 133 Å². The molecule has 0 saturated carbocycles. The Morgan fingerprint density at radius 3 is 2.71 bits per heavy atom. The number of amides is 2. The van der Waals surface area contributed by atoms with Crippen molar-refractivity contribution in [1.82, 2.24) is 15.1 Å². The number of nitrogens with one attached hydrogen (secondary N) is 1. The number of halogens is 1. The second-order valence-corrected chi connectivity index (χ2v) is 6.80. The zero-order valence-corrected chi connectivity index (χ0v) is 13.7. The summed E-state index contributed by atoms with van der Waals surface area (Å²) in [5.41, 5.74) is 7.49. The molecule has 1 aromatic carbocycles. The third-order valence-electron chi connectivity index (χ3n) is 4.37. The molecule has 0 aromatic heterocycles. The van der Waals surface area contributed by atoms with E-state index in [0.29, 0.717) is 0 Å². The summed E-state index contributed by atoms with van der Waals surface area (Å²) < 4.78 is 1.07. The average molecular weight is 353 g/mol. The van der Waals surface area contributed by atoms with Gasteiger partial charge in [0, 0.05) is 42.7 Å². The summed E-state index contributed by atoms with van der Waals surface area (Å²) in [6, 6.07) is 8.94. The summed E-state index contributed by atoms with van der Waals surface area (Å²) in [5.74, 6) is 0. The third-order valence-corrected chi connectivity index (χ3v) is 4.90. The molecule has 3 N–H and O–H groups in total. The van der Waals surface area contributed by atoms with Crippen molar-refractivity contribution in [2.24, 2.45) is 5.73 Å². The summed E-state index contributed by atoms with van der Waals surface area (Å²) >= 11 is 3.47. The smallest absolute Gasteiger partial charge is 0.317 e. The minimum atomic E-state index is 0.0442. The number of rotatable bonds is 3. The van der Waals surface area contributed by atoms with Crippen molar-refractivity contribution in [3.63, 3.8) is 0 Å². The van der Waals surface area contributed by atoms with Crippen LogP contribution in [0.1, 0.15) is 18.5 Å². The van der Waals surface area contributed by atoms with Gasteiger partial charge in [0.1, 0.15) is 0 Å². The van der Waals surface area contributed by atoms with E-state index >= 15 is 0 Å². The molecule has 6 heteroatoms. The fraction of sp³-hybridized carbons (Fsp3) is 0.533. The van der Waals surface area contributed by atoms with E-state index in [-0.39, 0.29) is 24.2 Å². The fourth-order valence-electron chi connectivity index (χ4n) is 3.39. The van der Waals surface area contributed by atoms with E-state index in [4.69, 9.17) is 5.73 Å². The number of carbonyl (C=O) groups is 1. The number of nitrogens with zero attached hydrogens (tertiary/aromatic N) is 2. The van der Waals surface area contributed by atoms with Gasteiger partial charge in [-0.25, -0.2) is 4.79 Å². The summed E-state index contributed by atoms with van der Waals surface area (Å²) in [4.78, 5) is 16.0. The largest absolute Gasteiger partial charge is 0.336 e. The fourth-order valence-corrected chi connectivity index (χ4v) is 3.65. The average Bonchev–Trinajstić information content (AvgIpc) is 2.82. The van der Waals surface area contributed by atoms with Crippen molar-refractivity contribution >= 4 is 22.0 Å². The van der Waals surface area contributed by atoms with Crippen LogP contribution in [0, 0.1) is 0 Å². The summed E-state index contributed by atoms with van der Waals surface area (Å²) in [7, 11) is 0. The number of fused-ring (bicyclic) bond motifs is 1. The molecule has 0 radical (unpaired) electrons. The predicted molar refractivity (Wildman–Crippen MR) is 86.0 cm³/mol. The monoisotopic (exact) mass is 352 g/mol. The van der Waals surface area contributed by atoms with Gasteiger partial charge in [-0.1, -0.05) is 28.1 Å². The summed E-state index contributed by atoms with van der Waals surface area (Å²) in [5, 5.41) is 2.92. The lowest BCUT2D eigenvalue weighted by Gasteiger charge is -2.42. The lowest BCUT2D eigenvalue weighted by atomic mass is 9.97. The highest BCUT2D eigenvalue weighted by Gasteiger charge is 2.38. The molecule has 0 bridgehead atoms. The van der Waals surface area contributed by atoms with Crippen molar-refractivity contribution in [1.29, 1.82) is 0 Å². The van der Waals surface area contributed by atoms with E-state index in [9.17, 15) is 4.79 Å². The minimum absolute atomic E-state index is 0.0442. The van der Waals surface area contributed by atoms with Gasteiger partial charge in [0.2, 0.25) is 0 Å². The highest BCUT2D eigenvalue weighted by molar-refractivity contribution is 9.10. The van der Waals surface area contributed by atoms with Crippen LogP contribution in [0.15, 0.2) is 28.7 Å². The molecule has 1 aromatic rings. The first-order valence-corrected chi connectivity index (χ1v) is 8.15. The van der Waals surface area contributed by atoms with Crippen LogP contribution >= 0.6 is 15.9 Å². The predicted octanol–water partition coefficient (Wildman–Crippen LogP) is 1.55. The second kappa shape index (κ2) is 5.94. The number of hydrogen-bond acceptors (Lipinski definition) is 3. The second-order valence-electron chi connectivity index (χ2n) is 5.88. The van der Waals surface area contributed by atoms with Crippen molar-refractivity contribution in [3.8, 4) is 0 Å². The molecule has 2 fully saturated rings. The number of benzene rings is 1. The van der Waals surface area contributed by atoms with Gasteiger partial charge >= 0.3 is 6.03 Å². The first kappa shape index (κ1) is 14.8. The van der Waals surface area contributed by atoms with Crippen LogP contribution in [-0.4, -0.2) is 54.1 Å². The van der Waals surface area contributed by atoms with Gasteiger partial charge in [0.05, 0.1) is 6.04 Å². The van der Waals surface area contributed by atoms with E-state index in [1.54, 1.807) is 0 Å².